The Morgan fingerprint density at radius 2 is 1.85 bits per heavy atom. The maximum Gasteiger partial charge on any atom is 0.140 e. The second-order valence-electron chi connectivity index (χ2n) is 4.46. The van der Waals surface area contributed by atoms with Crippen molar-refractivity contribution in [1.82, 2.24) is 5.32 Å². The van der Waals surface area contributed by atoms with Gasteiger partial charge in [-0.2, -0.15) is 0 Å². The highest BCUT2D eigenvalue weighted by Gasteiger charge is 2.13. The van der Waals surface area contributed by atoms with Crippen LogP contribution >= 0.6 is 11.8 Å². The first-order chi connectivity index (χ1) is 9.65. The Bertz CT molecular complexity index is 582. The van der Waals surface area contributed by atoms with E-state index >= 15 is 0 Å². The first-order valence-corrected chi connectivity index (χ1v) is 7.36. The van der Waals surface area contributed by atoms with E-state index in [1.54, 1.807) is 0 Å². The largest absolute Gasteiger partial charge is 0.313 e. The molecule has 0 aromatic heterocycles. The molecule has 0 heterocycles. The van der Waals surface area contributed by atoms with E-state index in [0.717, 1.165) is 22.9 Å². The smallest absolute Gasteiger partial charge is 0.140 e. The van der Waals surface area contributed by atoms with Crippen LogP contribution in [-0.4, -0.2) is 7.05 Å². The molecule has 1 unspecified atom stereocenters. The molecule has 0 spiro atoms. The Morgan fingerprint density at radius 1 is 1.10 bits per heavy atom. The standard InChI is InChI=1S/C16H17F2NS/c1-3-14(19-2)12-6-4-5-7-15(12)20-16-9-8-11(17)10-13(16)18/h4-10,14,19H,3H2,1-2H3. The molecule has 2 aromatic rings. The summed E-state index contributed by atoms with van der Waals surface area (Å²) in [7, 11) is 1.91. The van der Waals surface area contributed by atoms with Gasteiger partial charge in [0.1, 0.15) is 11.6 Å². The molecule has 20 heavy (non-hydrogen) atoms. The first-order valence-electron chi connectivity index (χ1n) is 6.54. The molecule has 0 aliphatic rings. The topological polar surface area (TPSA) is 12.0 Å². The molecule has 0 saturated carbocycles. The number of rotatable bonds is 5. The molecule has 1 nitrogen and oxygen atoms in total. The second kappa shape index (κ2) is 6.86. The highest BCUT2D eigenvalue weighted by molar-refractivity contribution is 7.99. The summed E-state index contributed by atoms with van der Waals surface area (Å²) in [5.41, 5.74) is 1.13. The van der Waals surface area contributed by atoms with Gasteiger partial charge in [-0.3, -0.25) is 0 Å². The lowest BCUT2D eigenvalue weighted by atomic mass is 10.1. The zero-order valence-corrected chi connectivity index (χ0v) is 12.3. The molecule has 0 fully saturated rings. The van der Waals surface area contributed by atoms with Crippen molar-refractivity contribution in [2.24, 2.45) is 0 Å². The van der Waals surface area contributed by atoms with Crippen LogP contribution < -0.4 is 5.32 Å². The van der Waals surface area contributed by atoms with Crippen molar-refractivity contribution in [2.75, 3.05) is 7.05 Å². The summed E-state index contributed by atoms with van der Waals surface area (Å²) < 4.78 is 26.7. The van der Waals surface area contributed by atoms with Gasteiger partial charge in [-0.15, -0.1) is 0 Å². The van der Waals surface area contributed by atoms with E-state index in [9.17, 15) is 8.78 Å². The molecule has 2 rings (SSSR count). The normalized spacial score (nSPS) is 12.4. The van der Waals surface area contributed by atoms with Crippen LogP contribution in [-0.2, 0) is 0 Å². The van der Waals surface area contributed by atoms with Crippen LogP contribution in [0.4, 0.5) is 8.78 Å². The third-order valence-corrected chi connectivity index (χ3v) is 4.31. The molecule has 0 saturated heterocycles. The van der Waals surface area contributed by atoms with Gasteiger partial charge in [-0.05, 0) is 37.2 Å². The van der Waals surface area contributed by atoms with Crippen molar-refractivity contribution >= 4 is 11.8 Å². The van der Waals surface area contributed by atoms with E-state index in [4.69, 9.17) is 0 Å². The average molecular weight is 293 g/mol. The second-order valence-corrected chi connectivity index (χ2v) is 5.55. The molecule has 0 amide bonds. The molecule has 2 aromatic carbocycles. The minimum absolute atomic E-state index is 0.224. The first kappa shape index (κ1) is 15.0. The van der Waals surface area contributed by atoms with Gasteiger partial charge in [0, 0.05) is 21.9 Å². The van der Waals surface area contributed by atoms with Crippen LogP contribution in [0.5, 0.6) is 0 Å². The van der Waals surface area contributed by atoms with Crippen molar-refractivity contribution < 1.29 is 8.78 Å². The molecule has 0 aliphatic carbocycles. The molecule has 1 N–H and O–H groups in total. The van der Waals surface area contributed by atoms with Crippen LogP contribution in [0.3, 0.4) is 0 Å². The minimum atomic E-state index is -0.554. The third kappa shape index (κ3) is 3.38. The fourth-order valence-corrected chi connectivity index (χ4v) is 3.12. The number of benzene rings is 2. The van der Waals surface area contributed by atoms with Gasteiger partial charge < -0.3 is 5.32 Å². The summed E-state index contributed by atoms with van der Waals surface area (Å²) in [6.07, 6.45) is 0.944. The van der Waals surface area contributed by atoms with Crippen molar-refractivity contribution in [3.63, 3.8) is 0 Å². The van der Waals surface area contributed by atoms with E-state index in [1.165, 1.54) is 23.9 Å². The molecule has 0 radical (unpaired) electrons. The SMILES string of the molecule is CCC(NC)c1ccccc1Sc1ccc(F)cc1F. The Balaban J connectivity index is 2.33. The lowest BCUT2D eigenvalue weighted by molar-refractivity contribution is 0.563. The molecule has 4 heteroatoms. The van der Waals surface area contributed by atoms with Gasteiger partial charge in [0.05, 0.1) is 0 Å². The van der Waals surface area contributed by atoms with Gasteiger partial charge in [-0.25, -0.2) is 8.78 Å². The van der Waals surface area contributed by atoms with Gasteiger partial charge in [0.2, 0.25) is 0 Å². The highest BCUT2D eigenvalue weighted by atomic mass is 32.2. The fourth-order valence-electron chi connectivity index (χ4n) is 2.12. The number of hydrogen-bond acceptors (Lipinski definition) is 2. The predicted molar refractivity (Wildman–Crippen MR) is 79.0 cm³/mol. The fraction of sp³-hybridized carbons (Fsp3) is 0.250. The van der Waals surface area contributed by atoms with Crippen molar-refractivity contribution in [2.45, 2.75) is 29.2 Å². The lowest BCUT2D eigenvalue weighted by Gasteiger charge is -2.18. The number of hydrogen-bond donors (Lipinski definition) is 1. The maximum atomic E-state index is 13.8. The van der Waals surface area contributed by atoms with E-state index < -0.39 is 11.6 Å². The highest BCUT2D eigenvalue weighted by Crippen LogP contribution is 2.35. The predicted octanol–water partition coefficient (Wildman–Crippen LogP) is 4.79. The Labute approximate surface area is 122 Å². The molecule has 106 valence electrons. The molecular weight excluding hydrogens is 276 g/mol. The number of nitrogens with one attached hydrogen (secondary N) is 1. The quantitative estimate of drug-likeness (QED) is 0.851. The summed E-state index contributed by atoms with van der Waals surface area (Å²) in [5, 5.41) is 3.25. The lowest BCUT2D eigenvalue weighted by Crippen LogP contribution is -2.15. The van der Waals surface area contributed by atoms with Crippen LogP contribution in [0.2, 0.25) is 0 Å². The van der Waals surface area contributed by atoms with Gasteiger partial charge in [0.25, 0.3) is 0 Å². The van der Waals surface area contributed by atoms with Crippen molar-refractivity contribution in [3.8, 4) is 0 Å². The minimum Gasteiger partial charge on any atom is -0.313 e. The van der Waals surface area contributed by atoms with E-state index in [0.29, 0.717) is 4.90 Å². The van der Waals surface area contributed by atoms with Crippen LogP contribution in [0.25, 0.3) is 0 Å². The molecule has 1 atom stereocenters. The Hall–Kier alpha value is -1.39. The Kier molecular flexibility index (Phi) is 5.15. The monoisotopic (exact) mass is 293 g/mol. The summed E-state index contributed by atoms with van der Waals surface area (Å²) in [4.78, 5) is 1.42. The Morgan fingerprint density at radius 3 is 2.50 bits per heavy atom. The molecule has 0 aliphatic heterocycles. The van der Waals surface area contributed by atoms with Gasteiger partial charge in [0.15, 0.2) is 0 Å². The van der Waals surface area contributed by atoms with E-state index in [-0.39, 0.29) is 6.04 Å². The average Bonchev–Trinajstić information content (AvgIpc) is 2.45. The van der Waals surface area contributed by atoms with Gasteiger partial charge in [-0.1, -0.05) is 36.9 Å². The van der Waals surface area contributed by atoms with Crippen LogP contribution in [0, 0.1) is 11.6 Å². The maximum absolute atomic E-state index is 13.8. The zero-order chi connectivity index (χ0) is 14.5. The van der Waals surface area contributed by atoms with Crippen molar-refractivity contribution in [3.05, 3.63) is 59.7 Å². The zero-order valence-electron chi connectivity index (χ0n) is 11.5. The number of halogens is 2. The summed E-state index contributed by atoms with van der Waals surface area (Å²) in [6.45, 7) is 2.10. The summed E-state index contributed by atoms with van der Waals surface area (Å²) in [6, 6.07) is 11.8. The van der Waals surface area contributed by atoms with Crippen LogP contribution in [0.1, 0.15) is 24.9 Å². The van der Waals surface area contributed by atoms with Crippen LogP contribution in [0.15, 0.2) is 52.3 Å². The van der Waals surface area contributed by atoms with E-state index in [1.807, 2.05) is 31.3 Å². The van der Waals surface area contributed by atoms with E-state index in [2.05, 4.69) is 12.2 Å². The summed E-state index contributed by atoms with van der Waals surface area (Å²) >= 11 is 1.33. The van der Waals surface area contributed by atoms with Crippen molar-refractivity contribution in [1.29, 1.82) is 0 Å². The molecular formula is C16H17F2NS. The summed E-state index contributed by atoms with van der Waals surface area (Å²) in [5.74, 6) is -1.08. The third-order valence-electron chi connectivity index (χ3n) is 3.16. The van der Waals surface area contributed by atoms with Gasteiger partial charge >= 0.3 is 0 Å². The molecule has 0 bridgehead atoms.